The summed E-state index contributed by atoms with van der Waals surface area (Å²) in [6.45, 7) is 4.29. The van der Waals surface area contributed by atoms with Crippen LogP contribution in [0.15, 0.2) is 0 Å². The maximum Gasteiger partial charge on any atom is 0.0679 e. The van der Waals surface area contributed by atoms with Gasteiger partial charge in [0.1, 0.15) is 0 Å². The molecular formula is C9H18N2O. The molecule has 70 valence electrons. The maximum absolute atomic E-state index is 9.31. The maximum atomic E-state index is 9.31. The normalized spacial score (nSPS) is 37.8. The number of β-amino-alcohol motifs (C(OH)–C–C–N with tert-alkyl or cyclic N) is 1. The molecule has 2 aliphatic heterocycles. The van der Waals surface area contributed by atoms with Gasteiger partial charge in [-0.2, -0.15) is 0 Å². The largest absolute Gasteiger partial charge is 0.392 e. The Balaban J connectivity index is 1.72. The molecule has 2 atom stereocenters. The van der Waals surface area contributed by atoms with Crippen LogP contribution in [0.25, 0.3) is 0 Å². The van der Waals surface area contributed by atoms with Crippen LogP contribution >= 0.6 is 0 Å². The van der Waals surface area contributed by atoms with Gasteiger partial charge in [-0.25, -0.2) is 0 Å². The molecule has 0 amide bonds. The van der Waals surface area contributed by atoms with Crippen LogP contribution in [-0.4, -0.2) is 48.3 Å². The van der Waals surface area contributed by atoms with Gasteiger partial charge in [0.05, 0.1) is 6.10 Å². The van der Waals surface area contributed by atoms with Crippen LogP contribution in [0.2, 0.25) is 0 Å². The first-order chi connectivity index (χ1) is 5.84. The van der Waals surface area contributed by atoms with Crippen LogP contribution in [-0.2, 0) is 0 Å². The predicted octanol–water partition coefficient (Wildman–Crippen LogP) is -0.195. The van der Waals surface area contributed by atoms with E-state index in [1.165, 1.54) is 19.4 Å². The highest BCUT2D eigenvalue weighted by Crippen LogP contribution is 2.12. The molecule has 0 saturated carbocycles. The van der Waals surface area contributed by atoms with Gasteiger partial charge < -0.3 is 10.4 Å². The summed E-state index contributed by atoms with van der Waals surface area (Å²) in [4.78, 5) is 2.37. The summed E-state index contributed by atoms with van der Waals surface area (Å²) in [7, 11) is 0. The molecule has 2 saturated heterocycles. The summed E-state index contributed by atoms with van der Waals surface area (Å²) in [6, 6.07) is 0.690. The van der Waals surface area contributed by atoms with Gasteiger partial charge in [0.25, 0.3) is 0 Å². The molecule has 2 unspecified atom stereocenters. The molecular weight excluding hydrogens is 152 g/mol. The second-order valence-electron chi connectivity index (χ2n) is 4.00. The number of aliphatic hydroxyl groups excluding tert-OH is 1. The van der Waals surface area contributed by atoms with E-state index in [9.17, 15) is 5.11 Å². The lowest BCUT2D eigenvalue weighted by atomic mass is 10.2. The second kappa shape index (κ2) is 3.73. The number of nitrogens with zero attached hydrogens (tertiary/aromatic N) is 1. The summed E-state index contributed by atoms with van der Waals surface area (Å²) >= 11 is 0. The van der Waals surface area contributed by atoms with Crippen LogP contribution in [0.5, 0.6) is 0 Å². The van der Waals surface area contributed by atoms with Crippen LogP contribution in [0, 0.1) is 0 Å². The van der Waals surface area contributed by atoms with Crippen LogP contribution in [0.3, 0.4) is 0 Å². The van der Waals surface area contributed by atoms with E-state index in [4.69, 9.17) is 0 Å². The Bertz CT molecular complexity index is 145. The predicted molar refractivity (Wildman–Crippen MR) is 48.1 cm³/mol. The summed E-state index contributed by atoms with van der Waals surface area (Å²) in [5, 5.41) is 12.8. The molecule has 0 bridgehead atoms. The third-order valence-corrected chi connectivity index (χ3v) is 2.89. The van der Waals surface area contributed by atoms with Crippen molar-refractivity contribution in [2.75, 3.05) is 26.2 Å². The molecule has 2 aliphatic rings. The van der Waals surface area contributed by atoms with E-state index in [0.29, 0.717) is 6.04 Å². The van der Waals surface area contributed by atoms with Gasteiger partial charge >= 0.3 is 0 Å². The van der Waals surface area contributed by atoms with E-state index < -0.39 is 0 Å². The van der Waals surface area contributed by atoms with Crippen LogP contribution in [0.4, 0.5) is 0 Å². The molecule has 0 aromatic heterocycles. The average Bonchev–Trinajstić information content (AvgIpc) is 2.63. The van der Waals surface area contributed by atoms with E-state index in [1.807, 2.05) is 0 Å². The lowest BCUT2D eigenvalue weighted by Gasteiger charge is -2.19. The molecule has 2 heterocycles. The van der Waals surface area contributed by atoms with Gasteiger partial charge in [0, 0.05) is 25.7 Å². The molecule has 2 fully saturated rings. The van der Waals surface area contributed by atoms with E-state index in [-0.39, 0.29) is 6.10 Å². The first-order valence-electron chi connectivity index (χ1n) is 4.98. The molecule has 3 nitrogen and oxygen atoms in total. The van der Waals surface area contributed by atoms with E-state index in [1.54, 1.807) is 0 Å². The second-order valence-corrected chi connectivity index (χ2v) is 4.00. The van der Waals surface area contributed by atoms with Crippen LogP contribution < -0.4 is 5.32 Å². The molecule has 2 rings (SSSR count). The zero-order chi connectivity index (χ0) is 8.39. The van der Waals surface area contributed by atoms with Gasteiger partial charge in [-0.05, 0) is 25.8 Å². The number of likely N-dealkylation sites (tertiary alicyclic amines) is 1. The number of hydrogen-bond donors (Lipinski definition) is 2. The first kappa shape index (κ1) is 8.48. The highest BCUT2D eigenvalue weighted by atomic mass is 16.3. The fraction of sp³-hybridized carbons (Fsp3) is 1.00. The quantitative estimate of drug-likeness (QED) is 0.603. The van der Waals surface area contributed by atoms with Crippen molar-refractivity contribution in [2.45, 2.75) is 31.4 Å². The summed E-state index contributed by atoms with van der Waals surface area (Å²) in [5.74, 6) is 0. The van der Waals surface area contributed by atoms with E-state index in [0.717, 1.165) is 26.1 Å². The van der Waals surface area contributed by atoms with Crippen molar-refractivity contribution < 1.29 is 5.11 Å². The van der Waals surface area contributed by atoms with Crippen molar-refractivity contribution in [1.29, 1.82) is 0 Å². The first-order valence-corrected chi connectivity index (χ1v) is 4.98. The molecule has 0 aromatic rings. The standard InChI is InChI=1S/C9H18N2O/c12-9-3-5-11(7-9)6-8-2-1-4-10-8/h8-10,12H,1-7H2. The highest BCUT2D eigenvalue weighted by Gasteiger charge is 2.23. The minimum absolute atomic E-state index is 0.0635. The lowest BCUT2D eigenvalue weighted by molar-refractivity contribution is 0.173. The number of nitrogens with one attached hydrogen (secondary N) is 1. The number of hydrogen-bond acceptors (Lipinski definition) is 3. The molecule has 0 aliphatic carbocycles. The summed E-state index contributed by atoms with van der Waals surface area (Å²) < 4.78 is 0. The third kappa shape index (κ3) is 1.97. The SMILES string of the molecule is OC1CCN(CC2CCCN2)C1. The Morgan fingerprint density at radius 2 is 2.33 bits per heavy atom. The number of aliphatic hydroxyl groups is 1. The molecule has 0 spiro atoms. The topological polar surface area (TPSA) is 35.5 Å². The Morgan fingerprint density at radius 3 is 2.92 bits per heavy atom. The summed E-state index contributed by atoms with van der Waals surface area (Å²) in [6.07, 6.45) is 3.53. The van der Waals surface area contributed by atoms with Crippen molar-refractivity contribution in [2.24, 2.45) is 0 Å². The molecule has 12 heavy (non-hydrogen) atoms. The summed E-state index contributed by atoms with van der Waals surface area (Å²) in [5.41, 5.74) is 0. The Hall–Kier alpha value is -0.120. The van der Waals surface area contributed by atoms with Gasteiger partial charge in [0.2, 0.25) is 0 Å². The minimum Gasteiger partial charge on any atom is -0.392 e. The molecule has 2 N–H and O–H groups in total. The average molecular weight is 170 g/mol. The molecule has 3 heteroatoms. The Labute approximate surface area is 73.8 Å². The zero-order valence-corrected chi connectivity index (χ0v) is 7.50. The van der Waals surface area contributed by atoms with Crippen molar-refractivity contribution in [3.8, 4) is 0 Å². The zero-order valence-electron chi connectivity index (χ0n) is 7.50. The van der Waals surface area contributed by atoms with Gasteiger partial charge in [-0.1, -0.05) is 0 Å². The Morgan fingerprint density at radius 1 is 1.42 bits per heavy atom. The van der Waals surface area contributed by atoms with E-state index >= 15 is 0 Å². The van der Waals surface area contributed by atoms with Crippen molar-refractivity contribution in [3.05, 3.63) is 0 Å². The minimum atomic E-state index is -0.0635. The van der Waals surface area contributed by atoms with Crippen molar-refractivity contribution in [1.82, 2.24) is 10.2 Å². The van der Waals surface area contributed by atoms with Gasteiger partial charge in [-0.15, -0.1) is 0 Å². The fourth-order valence-electron chi connectivity index (χ4n) is 2.20. The van der Waals surface area contributed by atoms with Crippen molar-refractivity contribution in [3.63, 3.8) is 0 Å². The number of rotatable bonds is 2. The molecule has 0 radical (unpaired) electrons. The third-order valence-electron chi connectivity index (χ3n) is 2.89. The Kier molecular flexibility index (Phi) is 2.63. The van der Waals surface area contributed by atoms with Crippen molar-refractivity contribution >= 4 is 0 Å². The smallest absolute Gasteiger partial charge is 0.0679 e. The van der Waals surface area contributed by atoms with Gasteiger partial charge in [-0.3, -0.25) is 4.90 Å². The van der Waals surface area contributed by atoms with Gasteiger partial charge in [0.15, 0.2) is 0 Å². The monoisotopic (exact) mass is 170 g/mol. The fourth-order valence-corrected chi connectivity index (χ4v) is 2.20. The highest BCUT2D eigenvalue weighted by molar-refractivity contribution is 4.82. The lowest BCUT2D eigenvalue weighted by Crippen LogP contribution is -2.36. The van der Waals surface area contributed by atoms with E-state index in [2.05, 4.69) is 10.2 Å². The molecule has 0 aromatic carbocycles. The van der Waals surface area contributed by atoms with Crippen LogP contribution in [0.1, 0.15) is 19.3 Å².